The number of phenols is 1. The Morgan fingerprint density at radius 3 is 2.34 bits per heavy atom. The molecule has 0 aromatic heterocycles. The van der Waals surface area contributed by atoms with E-state index in [4.69, 9.17) is 33.2 Å². The second kappa shape index (κ2) is 8.81. The molecule has 0 spiro atoms. The molecule has 4 N–H and O–H groups in total. The van der Waals surface area contributed by atoms with Crippen molar-refractivity contribution in [3.63, 3.8) is 0 Å². The summed E-state index contributed by atoms with van der Waals surface area (Å²) in [6, 6.07) is 6.22. The van der Waals surface area contributed by atoms with Crippen LogP contribution in [0.1, 0.15) is 15.9 Å². The highest BCUT2D eigenvalue weighted by atomic mass is 16.7. The molecule has 0 radical (unpaired) electrons. The first-order valence-electron chi connectivity index (χ1n) is 11.6. The molecule has 1 saturated heterocycles. The van der Waals surface area contributed by atoms with Gasteiger partial charge in [0.1, 0.15) is 29.8 Å². The number of phenolic OH excluding ortho intramolecular Hbond substituents is 1. The van der Waals surface area contributed by atoms with Crippen LogP contribution >= 0.6 is 0 Å². The van der Waals surface area contributed by atoms with Crippen LogP contribution in [-0.4, -0.2) is 78.6 Å². The standard InChI is InChI=1S/C26H24O12/c1-32-16-3-11-12(4-17(16)33-2)22(38-25-23(29)26(31,8-27)9-35-25)14-7-34-24(30)21(14)20(11)13-5-18-19(6-15(13)28)37-10-36-18/h3-6,23,25,27-29,31H,7-10H2,1-2H3/t23-,25-,26+/m0/s1. The minimum absolute atomic E-state index is 0.0131. The summed E-state index contributed by atoms with van der Waals surface area (Å²) < 4.78 is 38.8. The van der Waals surface area contributed by atoms with Crippen molar-refractivity contribution in [2.75, 3.05) is 34.2 Å². The third kappa shape index (κ3) is 3.49. The van der Waals surface area contributed by atoms with Gasteiger partial charge in [-0.3, -0.25) is 0 Å². The topological polar surface area (TPSA) is 163 Å². The molecule has 12 heteroatoms. The molecule has 0 bridgehead atoms. The Bertz CT molecular complexity index is 1470. The second-order valence-electron chi connectivity index (χ2n) is 9.11. The third-order valence-corrected chi connectivity index (χ3v) is 6.99. The molecule has 1 fully saturated rings. The van der Waals surface area contributed by atoms with Gasteiger partial charge in [0.2, 0.25) is 13.1 Å². The highest BCUT2D eigenvalue weighted by Gasteiger charge is 2.50. The van der Waals surface area contributed by atoms with Gasteiger partial charge in [0.15, 0.2) is 23.0 Å². The van der Waals surface area contributed by atoms with Gasteiger partial charge in [-0.1, -0.05) is 0 Å². The lowest BCUT2D eigenvalue weighted by molar-refractivity contribution is -0.115. The Labute approximate surface area is 215 Å². The number of aromatic hydroxyl groups is 1. The van der Waals surface area contributed by atoms with Crippen LogP contribution in [0, 0.1) is 0 Å². The number of hydrogen-bond donors (Lipinski definition) is 4. The summed E-state index contributed by atoms with van der Waals surface area (Å²) in [6.45, 7) is -1.30. The quantitative estimate of drug-likeness (QED) is 0.341. The number of hydrogen-bond acceptors (Lipinski definition) is 12. The highest BCUT2D eigenvalue weighted by Crippen LogP contribution is 2.52. The van der Waals surface area contributed by atoms with Crippen molar-refractivity contribution in [3.05, 3.63) is 35.4 Å². The molecule has 38 heavy (non-hydrogen) atoms. The minimum atomic E-state index is -1.92. The Morgan fingerprint density at radius 2 is 1.68 bits per heavy atom. The predicted octanol–water partition coefficient (Wildman–Crippen LogP) is 1.45. The first-order chi connectivity index (χ1) is 18.3. The summed E-state index contributed by atoms with van der Waals surface area (Å²) >= 11 is 0. The van der Waals surface area contributed by atoms with Crippen LogP contribution in [-0.2, 0) is 16.1 Å². The molecule has 6 rings (SSSR count). The molecule has 3 aromatic rings. The van der Waals surface area contributed by atoms with E-state index in [2.05, 4.69) is 0 Å². The van der Waals surface area contributed by atoms with E-state index in [1.807, 2.05) is 0 Å². The van der Waals surface area contributed by atoms with E-state index in [0.717, 1.165) is 0 Å². The van der Waals surface area contributed by atoms with Gasteiger partial charge in [0.25, 0.3) is 0 Å². The lowest BCUT2D eigenvalue weighted by Crippen LogP contribution is -2.48. The SMILES string of the molecule is COc1cc2c(O[C@@H]3OC[C@](O)(CO)[C@H]3O)c3c(c(-c4cc5c(cc4O)OCO5)c2cc1OC)C(=O)OC3. The smallest absolute Gasteiger partial charge is 0.339 e. The summed E-state index contributed by atoms with van der Waals surface area (Å²) in [6.07, 6.45) is -2.96. The van der Waals surface area contributed by atoms with Gasteiger partial charge in [-0.2, -0.15) is 0 Å². The number of aliphatic hydroxyl groups is 3. The van der Waals surface area contributed by atoms with Crippen LogP contribution < -0.4 is 23.7 Å². The van der Waals surface area contributed by atoms with Gasteiger partial charge in [0, 0.05) is 28.1 Å². The Hall–Kier alpha value is -3.97. The summed E-state index contributed by atoms with van der Waals surface area (Å²) in [5.74, 6) is 0.741. The first kappa shape index (κ1) is 24.4. The van der Waals surface area contributed by atoms with Crippen LogP contribution in [0.25, 0.3) is 21.9 Å². The molecule has 0 amide bonds. The normalized spacial score (nSPS) is 23.4. The van der Waals surface area contributed by atoms with Crippen molar-refractivity contribution in [1.29, 1.82) is 0 Å². The molecule has 200 valence electrons. The average molecular weight is 528 g/mol. The van der Waals surface area contributed by atoms with Crippen molar-refractivity contribution in [2.45, 2.75) is 24.6 Å². The van der Waals surface area contributed by atoms with E-state index in [-0.39, 0.29) is 42.6 Å². The van der Waals surface area contributed by atoms with Gasteiger partial charge >= 0.3 is 5.97 Å². The number of aliphatic hydroxyl groups excluding tert-OH is 2. The van der Waals surface area contributed by atoms with E-state index < -0.39 is 30.6 Å². The molecule has 3 aromatic carbocycles. The van der Waals surface area contributed by atoms with Crippen molar-refractivity contribution in [2.24, 2.45) is 0 Å². The van der Waals surface area contributed by atoms with Crippen LogP contribution in [0.5, 0.6) is 34.5 Å². The van der Waals surface area contributed by atoms with Crippen LogP contribution in [0.3, 0.4) is 0 Å². The largest absolute Gasteiger partial charge is 0.507 e. The molecule has 3 heterocycles. The summed E-state index contributed by atoms with van der Waals surface area (Å²) in [5, 5.41) is 42.4. The molecular weight excluding hydrogens is 504 g/mol. The van der Waals surface area contributed by atoms with E-state index in [1.54, 1.807) is 18.2 Å². The molecule has 12 nitrogen and oxygen atoms in total. The molecule has 3 aliphatic heterocycles. The molecule has 0 saturated carbocycles. The maximum atomic E-state index is 13.1. The number of fused-ring (bicyclic) bond motifs is 3. The average Bonchev–Trinajstić information content (AvgIpc) is 3.61. The molecule has 3 aliphatic rings. The third-order valence-electron chi connectivity index (χ3n) is 6.99. The van der Waals surface area contributed by atoms with Crippen molar-refractivity contribution in [1.82, 2.24) is 0 Å². The van der Waals surface area contributed by atoms with Crippen molar-refractivity contribution >= 4 is 16.7 Å². The van der Waals surface area contributed by atoms with E-state index >= 15 is 0 Å². The zero-order valence-corrected chi connectivity index (χ0v) is 20.3. The molecule has 0 aliphatic carbocycles. The maximum Gasteiger partial charge on any atom is 0.339 e. The van der Waals surface area contributed by atoms with Crippen LogP contribution in [0.4, 0.5) is 0 Å². The van der Waals surface area contributed by atoms with Gasteiger partial charge in [-0.25, -0.2) is 4.79 Å². The summed E-state index contributed by atoms with van der Waals surface area (Å²) in [5.41, 5.74) is -0.855. The number of ether oxygens (including phenoxy) is 7. The van der Waals surface area contributed by atoms with Gasteiger partial charge in [0.05, 0.1) is 33.0 Å². The fourth-order valence-corrected chi connectivity index (χ4v) is 4.96. The Kier molecular flexibility index (Phi) is 5.65. The van der Waals surface area contributed by atoms with Crippen molar-refractivity contribution < 1.29 is 58.4 Å². The van der Waals surface area contributed by atoms with Crippen LogP contribution in [0.15, 0.2) is 24.3 Å². The Balaban J connectivity index is 1.64. The number of carbonyl (C=O) groups is 1. The van der Waals surface area contributed by atoms with Gasteiger partial charge in [-0.15, -0.1) is 0 Å². The number of carbonyl (C=O) groups excluding carboxylic acids is 1. The summed E-state index contributed by atoms with van der Waals surface area (Å²) in [7, 11) is 2.92. The lowest BCUT2D eigenvalue weighted by Gasteiger charge is -2.25. The zero-order valence-electron chi connectivity index (χ0n) is 20.3. The lowest BCUT2D eigenvalue weighted by atomic mass is 9.88. The molecular formula is C26H24O12. The molecule has 3 atom stereocenters. The Morgan fingerprint density at radius 1 is 1.00 bits per heavy atom. The summed E-state index contributed by atoms with van der Waals surface area (Å²) in [4.78, 5) is 13.1. The zero-order chi connectivity index (χ0) is 26.8. The second-order valence-corrected chi connectivity index (χ2v) is 9.11. The highest BCUT2D eigenvalue weighted by molar-refractivity contribution is 6.14. The van der Waals surface area contributed by atoms with Gasteiger partial charge in [-0.05, 0) is 23.6 Å². The van der Waals surface area contributed by atoms with E-state index in [1.165, 1.54) is 20.3 Å². The van der Waals surface area contributed by atoms with E-state index in [0.29, 0.717) is 44.9 Å². The molecule has 0 unspecified atom stereocenters. The van der Waals surface area contributed by atoms with Gasteiger partial charge < -0.3 is 53.6 Å². The monoisotopic (exact) mass is 528 g/mol. The number of esters is 1. The first-order valence-corrected chi connectivity index (χ1v) is 11.6. The fraction of sp³-hybridized carbons (Fsp3) is 0.346. The number of cyclic esters (lactones) is 1. The minimum Gasteiger partial charge on any atom is -0.507 e. The predicted molar refractivity (Wildman–Crippen MR) is 128 cm³/mol. The number of rotatable bonds is 6. The fourth-order valence-electron chi connectivity index (χ4n) is 4.96. The maximum absolute atomic E-state index is 13.1. The van der Waals surface area contributed by atoms with Crippen LogP contribution in [0.2, 0.25) is 0 Å². The van der Waals surface area contributed by atoms with E-state index in [9.17, 15) is 25.2 Å². The number of methoxy groups -OCH3 is 2. The number of benzene rings is 3. The van der Waals surface area contributed by atoms with Crippen molar-refractivity contribution in [3.8, 4) is 45.6 Å².